The molecule has 1 N–H and O–H groups in total. The predicted molar refractivity (Wildman–Crippen MR) is 107 cm³/mol. The number of hydrogen-bond acceptors (Lipinski definition) is 5. The van der Waals surface area contributed by atoms with Crippen molar-refractivity contribution in [3.8, 4) is 11.5 Å². The fraction of sp³-hybridized carbons (Fsp3) is 0.273. The average molecular weight is 390 g/mol. The number of hydrogen-bond donors (Lipinski definition) is 1. The Kier molecular flexibility index (Phi) is 4.88. The minimum atomic E-state index is -1.12. The minimum Gasteiger partial charge on any atom is -0.334 e. The van der Waals surface area contributed by atoms with Gasteiger partial charge in [0, 0.05) is 5.56 Å². The van der Waals surface area contributed by atoms with Gasteiger partial charge in [0.05, 0.1) is 6.54 Å². The molecule has 3 aromatic rings. The second kappa shape index (κ2) is 7.50. The molecule has 29 heavy (non-hydrogen) atoms. The Bertz CT molecular complexity index is 1030. The molecule has 1 atom stereocenters. The first-order valence-corrected chi connectivity index (χ1v) is 9.63. The van der Waals surface area contributed by atoms with Crippen LogP contribution in [0, 0.1) is 0 Å². The molecule has 2 heterocycles. The van der Waals surface area contributed by atoms with Crippen molar-refractivity contribution in [2.24, 2.45) is 0 Å². The summed E-state index contributed by atoms with van der Waals surface area (Å²) in [4.78, 5) is 31.1. The smallest absolute Gasteiger partial charge is 0.325 e. The van der Waals surface area contributed by atoms with Crippen LogP contribution in [0.3, 0.4) is 0 Å². The van der Waals surface area contributed by atoms with E-state index in [9.17, 15) is 9.59 Å². The van der Waals surface area contributed by atoms with Crippen LogP contribution in [0.1, 0.15) is 37.2 Å². The molecule has 0 saturated carbocycles. The van der Waals surface area contributed by atoms with Gasteiger partial charge in [-0.05, 0) is 36.6 Å². The lowest BCUT2D eigenvalue weighted by molar-refractivity contribution is -0.131. The van der Waals surface area contributed by atoms with E-state index in [4.69, 9.17) is 4.52 Å². The molecule has 3 amide bonds. The van der Waals surface area contributed by atoms with Crippen molar-refractivity contribution in [3.63, 3.8) is 0 Å². The molecule has 0 spiro atoms. The Morgan fingerprint density at radius 2 is 1.79 bits per heavy atom. The van der Waals surface area contributed by atoms with Crippen molar-refractivity contribution in [1.29, 1.82) is 0 Å². The number of aromatic nitrogens is 2. The maximum absolute atomic E-state index is 13.1. The SMILES string of the molecule is CCCc1ccc(C2(C)NC(=O)N(Cc3noc(-c4ccccc4)n3)C2=O)cc1. The summed E-state index contributed by atoms with van der Waals surface area (Å²) in [7, 11) is 0. The van der Waals surface area contributed by atoms with Gasteiger partial charge in [0.2, 0.25) is 0 Å². The van der Waals surface area contributed by atoms with E-state index in [1.807, 2.05) is 54.6 Å². The predicted octanol–water partition coefficient (Wildman–Crippen LogP) is 3.66. The van der Waals surface area contributed by atoms with Gasteiger partial charge in [-0.25, -0.2) is 4.79 Å². The van der Waals surface area contributed by atoms with Crippen LogP contribution >= 0.6 is 0 Å². The fourth-order valence-corrected chi connectivity index (χ4v) is 3.49. The first kappa shape index (κ1) is 18.9. The molecule has 1 fully saturated rings. The van der Waals surface area contributed by atoms with Gasteiger partial charge in [-0.15, -0.1) is 0 Å². The van der Waals surface area contributed by atoms with E-state index < -0.39 is 11.6 Å². The van der Waals surface area contributed by atoms with Crippen molar-refractivity contribution in [2.75, 3.05) is 0 Å². The van der Waals surface area contributed by atoms with Crippen molar-refractivity contribution in [2.45, 2.75) is 38.8 Å². The molecule has 0 bridgehead atoms. The van der Waals surface area contributed by atoms with Crippen LogP contribution in [-0.4, -0.2) is 27.0 Å². The fourth-order valence-electron chi connectivity index (χ4n) is 3.49. The van der Waals surface area contributed by atoms with Crippen molar-refractivity contribution in [1.82, 2.24) is 20.4 Å². The lowest BCUT2D eigenvalue weighted by Gasteiger charge is -2.22. The van der Waals surface area contributed by atoms with Gasteiger partial charge in [-0.2, -0.15) is 4.98 Å². The molecule has 1 unspecified atom stereocenters. The largest absolute Gasteiger partial charge is 0.334 e. The van der Waals surface area contributed by atoms with Gasteiger partial charge in [-0.3, -0.25) is 9.69 Å². The maximum Gasteiger partial charge on any atom is 0.325 e. The first-order chi connectivity index (χ1) is 14.0. The van der Waals surface area contributed by atoms with Crippen LogP contribution in [0.5, 0.6) is 0 Å². The van der Waals surface area contributed by atoms with E-state index >= 15 is 0 Å². The van der Waals surface area contributed by atoms with Gasteiger partial charge < -0.3 is 9.84 Å². The van der Waals surface area contributed by atoms with E-state index in [0.29, 0.717) is 5.89 Å². The highest BCUT2D eigenvalue weighted by atomic mass is 16.5. The number of carbonyl (C=O) groups excluding carboxylic acids is 2. The summed E-state index contributed by atoms with van der Waals surface area (Å²) < 4.78 is 5.27. The number of urea groups is 1. The molecule has 7 heteroatoms. The Hall–Kier alpha value is -3.48. The van der Waals surface area contributed by atoms with Crippen LogP contribution in [0.25, 0.3) is 11.5 Å². The second-order valence-corrected chi connectivity index (χ2v) is 7.28. The summed E-state index contributed by atoms with van der Waals surface area (Å²) in [6, 6.07) is 16.7. The summed E-state index contributed by atoms with van der Waals surface area (Å²) in [5.41, 5.74) is 1.61. The number of aryl methyl sites for hydroxylation is 1. The van der Waals surface area contributed by atoms with E-state index in [-0.39, 0.29) is 18.3 Å². The monoisotopic (exact) mass is 390 g/mol. The van der Waals surface area contributed by atoms with Crippen LogP contribution in [0.15, 0.2) is 59.1 Å². The third-order valence-corrected chi connectivity index (χ3v) is 5.13. The summed E-state index contributed by atoms with van der Waals surface area (Å²) in [6.45, 7) is 3.78. The molecule has 0 aliphatic carbocycles. The number of benzene rings is 2. The molecule has 7 nitrogen and oxygen atoms in total. The minimum absolute atomic E-state index is 0.0511. The molecule has 148 valence electrons. The molecule has 1 aromatic heterocycles. The molecule has 4 rings (SSSR count). The van der Waals surface area contributed by atoms with Gasteiger partial charge in [0.15, 0.2) is 5.82 Å². The number of nitrogens with zero attached hydrogens (tertiary/aromatic N) is 3. The summed E-state index contributed by atoms with van der Waals surface area (Å²) in [6.07, 6.45) is 2.03. The van der Waals surface area contributed by atoms with Crippen molar-refractivity contribution in [3.05, 3.63) is 71.5 Å². The topological polar surface area (TPSA) is 88.3 Å². The lowest BCUT2D eigenvalue weighted by atomic mass is 9.91. The highest BCUT2D eigenvalue weighted by molar-refractivity contribution is 6.07. The zero-order chi connectivity index (χ0) is 20.4. The molecule has 1 aliphatic rings. The molecule has 1 aliphatic heterocycles. The third-order valence-electron chi connectivity index (χ3n) is 5.13. The summed E-state index contributed by atoms with van der Waals surface area (Å²) in [5.74, 6) is 0.286. The second-order valence-electron chi connectivity index (χ2n) is 7.28. The average Bonchev–Trinajstić information content (AvgIpc) is 3.29. The highest BCUT2D eigenvalue weighted by Crippen LogP contribution is 2.30. The van der Waals surface area contributed by atoms with Crippen LogP contribution in [0.4, 0.5) is 4.79 Å². The Morgan fingerprint density at radius 3 is 2.48 bits per heavy atom. The molecule has 0 radical (unpaired) electrons. The van der Waals surface area contributed by atoms with Gasteiger partial charge >= 0.3 is 6.03 Å². The number of amides is 3. The number of imide groups is 1. The summed E-state index contributed by atoms with van der Waals surface area (Å²) in [5, 5.41) is 6.73. The molecular formula is C22H22N4O3. The Balaban J connectivity index is 1.53. The van der Waals surface area contributed by atoms with Gasteiger partial charge in [0.1, 0.15) is 5.54 Å². The number of rotatable bonds is 6. The van der Waals surface area contributed by atoms with E-state index in [1.165, 1.54) is 5.56 Å². The van der Waals surface area contributed by atoms with Gasteiger partial charge in [0.25, 0.3) is 11.8 Å². The zero-order valence-electron chi connectivity index (χ0n) is 16.4. The zero-order valence-corrected chi connectivity index (χ0v) is 16.4. The van der Waals surface area contributed by atoms with E-state index in [0.717, 1.165) is 28.9 Å². The quantitative estimate of drug-likeness (QED) is 0.649. The highest BCUT2D eigenvalue weighted by Gasteiger charge is 2.49. The van der Waals surface area contributed by atoms with Crippen molar-refractivity contribution < 1.29 is 14.1 Å². The van der Waals surface area contributed by atoms with E-state index in [2.05, 4.69) is 22.4 Å². The Morgan fingerprint density at radius 1 is 1.07 bits per heavy atom. The van der Waals surface area contributed by atoms with Crippen LogP contribution < -0.4 is 5.32 Å². The lowest BCUT2D eigenvalue weighted by Crippen LogP contribution is -2.40. The van der Waals surface area contributed by atoms with Crippen LogP contribution in [0.2, 0.25) is 0 Å². The van der Waals surface area contributed by atoms with E-state index in [1.54, 1.807) is 6.92 Å². The standard InChI is InChI=1S/C22H22N4O3/c1-3-7-15-10-12-17(13-11-15)22(2)20(27)26(21(28)24-22)14-18-23-19(29-25-18)16-8-5-4-6-9-16/h4-6,8-13H,3,7,14H2,1-2H3,(H,24,28). The maximum atomic E-state index is 13.1. The van der Waals surface area contributed by atoms with Crippen LogP contribution in [-0.2, 0) is 23.3 Å². The molecule has 2 aromatic carbocycles. The Labute approximate surface area is 168 Å². The summed E-state index contributed by atoms with van der Waals surface area (Å²) >= 11 is 0. The van der Waals surface area contributed by atoms with Gasteiger partial charge in [-0.1, -0.05) is 61.0 Å². The molecular weight excluding hydrogens is 368 g/mol. The number of carbonyl (C=O) groups is 2. The first-order valence-electron chi connectivity index (χ1n) is 9.63. The third kappa shape index (κ3) is 3.51. The van der Waals surface area contributed by atoms with Crippen molar-refractivity contribution >= 4 is 11.9 Å². The normalized spacial score (nSPS) is 18.9. The molecule has 1 saturated heterocycles. The number of nitrogens with one attached hydrogen (secondary N) is 1.